The van der Waals surface area contributed by atoms with Gasteiger partial charge in [0.15, 0.2) is 0 Å². The van der Waals surface area contributed by atoms with E-state index in [1.807, 2.05) is 36.4 Å². The first-order valence-electron chi connectivity index (χ1n) is 5.64. The molecule has 3 aromatic carbocycles. The Morgan fingerprint density at radius 2 is 1.65 bits per heavy atom. The minimum absolute atomic E-state index is 0.943. The van der Waals surface area contributed by atoms with Gasteiger partial charge in [-0.1, -0.05) is 42.5 Å². The van der Waals surface area contributed by atoms with Gasteiger partial charge in [-0.25, -0.2) is 0 Å². The highest BCUT2D eigenvalue weighted by atomic mass is 16.3. The molecule has 1 nitrogen and oxygen atoms in total. The summed E-state index contributed by atoms with van der Waals surface area (Å²) in [6.45, 7) is 0. The summed E-state index contributed by atoms with van der Waals surface area (Å²) in [6, 6.07) is 21.6. The number of benzene rings is 3. The normalized spacial score (nSPS) is 11.5. The SMILES string of the molecule is [c]1cccc2c1ccc1oc3ccccc3c12. The summed E-state index contributed by atoms with van der Waals surface area (Å²) in [5.41, 5.74) is 1.89. The molecule has 0 aliphatic heterocycles. The molecular formula is C16H9O. The van der Waals surface area contributed by atoms with E-state index in [-0.39, 0.29) is 0 Å². The third kappa shape index (κ3) is 1.14. The van der Waals surface area contributed by atoms with Crippen molar-refractivity contribution in [3.63, 3.8) is 0 Å². The van der Waals surface area contributed by atoms with Gasteiger partial charge in [0.05, 0.1) is 0 Å². The first-order valence-corrected chi connectivity index (χ1v) is 5.64. The predicted molar refractivity (Wildman–Crippen MR) is 70.1 cm³/mol. The van der Waals surface area contributed by atoms with Crippen molar-refractivity contribution in [1.29, 1.82) is 0 Å². The Bertz CT molecular complexity index is 834. The van der Waals surface area contributed by atoms with Gasteiger partial charge in [-0.2, -0.15) is 0 Å². The Labute approximate surface area is 98.3 Å². The van der Waals surface area contributed by atoms with Crippen LogP contribution in [0.25, 0.3) is 32.7 Å². The molecule has 4 rings (SSSR count). The highest BCUT2D eigenvalue weighted by Gasteiger charge is 2.08. The zero-order valence-corrected chi connectivity index (χ0v) is 9.10. The number of furan rings is 1. The minimum Gasteiger partial charge on any atom is -0.456 e. The molecule has 0 aliphatic carbocycles. The summed E-state index contributed by atoms with van der Waals surface area (Å²) in [5, 5.41) is 4.70. The Kier molecular flexibility index (Phi) is 1.61. The number of rotatable bonds is 0. The molecule has 4 aromatic rings. The van der Waals surface area contributed by atoms with Gasteiger partial charge in [0.25, 0.3) is 0 Å². The van der Waals surface area contributed by atoms with Gasteiger partial charge in [-0.15, -0.1) is 0 Å². The van der Waals surface area contributed by atoms with Crippen LogP contribution in [0.2, 0.25) is 0 Å². The van der Waals surface area contributed by atoms with Gasteiger partial charge in [-0.05, 0) is 29.0 Å². The van der Waals surface area contributed by atoms with E-state index in [9.17, 15) is 0 Å². The lowest BCUT2D eigenvalue weighted by Gasteiger charge is -1.97. The van der Waals surface area contributed by atoms with Crippen molar-refractivity contribution >= 4 is 32.7 Å². The Morgan fingerprint density at radius 1 is 0.765 bits per heavy atom. The van der Waals surface area contributed by atoms with E-state index in [0.717, 1.165) is 16.6 Å². The molecule has 0 N–H and O–H groups in total. The van der Waals surface area contributed by atoms with Crippen LogP contribution >= 0.6 is 0 Å². The van der Waals surface area contributed by atoms with E-state index in [0.29, 0.717) is 0 Å². The Morgan fingerprint density at radius 3 is 2.65 bits per heavy atom. The summed E-state index contributed by atoms with van der Waals surface area (Å²) >= 11 is 0. The van der Waals surface area contributed by atoms with Crippen molar-refractivity contribution in [2.24, 2.45) is 0 Å². The quantitative estimate of drug-likeness (QED) is 0.421. The van der Waals surface area contributed by atoms with Crippen LogP contribution in [0.15, 0.2) is 59.0 Å². The van der Waals surface area contributed by atoms with E-state index in [4.69, 9.17) is 4.42 Å². The molecule has 0 unspecified atom stereocenters. The fourth-order valence-corrected chi connectivity index (χ4v) is 2.42. The fraction of sp³-hybridized carbons (Fsp3) is 0. The third-order valence-corrected chi connectivity index (χ3v) is 3.18. The molecule has 0 saturated heterocycles. The second kappa shape index (κ2) is 3.11. The maximum Gasteiger partial charge on any atom is 0.136 e. The third-order valence-electron chi connectivity index (χ3n) is 3.18. The largest absolute Gasteiger partial charge is 0.456 e. The Hall–Kier alpha value is -2.28. The van der Waals surface area contributed by atoms with E-state index >= 15 is 0 Å². The number of hydrogen-bond donors (Lipinski definition) is 0. The van der Waals surface area contributed by atoms with Crippen molar-refractivity contribution in [2.45, 2.75) is 0 Å². The van der Waals surface area contributed by atoms with Crippen LogP contribution in [0.4, 0.5) is 0 Å². The number of fused-ring (bicyclic) bond motifs is 5. The number of para-hydroxylation sites is 1. The molecule has 1 radical (unpaired) electrons. The van der Waals surface area contributed by atoms with Crippen molar-refractivity contribution < 1.29 is 4.42 Å². The molecule has 0 atom stereocenters. The summed E-state index contributed by atoms with van der Waals surface area (Å²) in [6.07, 6.45) is 0. The van der Waals surface area contributed by atoms with E-state index in [1.54, 1.807) is 0 Å². The van der Waals surface area contributed by atoms with Crippen LogP contribution in [-0.4, -0.2) is 0 Å². The van der Waals surface area contributed by atoms with Crippen LogP contribution in [0, 0.1) is 6.07 Å². The van der Waals surface area contributed by atoms with Gasteiger partial charge in [0.1, 0.15) is 11.2 Å². The van der Waals surface area contributed by atoms with Crippen LogP contribution in [0.3, 0.4) is 0 Å². The molecule has 79 valence electrons. The fourth-order valence-electron chi connectivity index (χ4n) is 2.42. The maximum absolute atomic E-state index is 5.85. The summed E-state index contributed by atoms with van der Waals surface area (Å²) in [7, 11) is 0. The zero-order valence-electron chi connectivity index (χ0n) is 9.10. The Balaban J connectivity index is 2.38. The van der Waals surface area contributed by atoms with Gasteiger partial charge in [-0.3, -0.25) is 0 Å². The van der Waals surface area contributed by atoms with Crippen molar-refractivity contribution in [3.05, 3.63) is 60.7 Å². The second-order valence-corrected chi connectivity index (χ2v) is 4.17. The van der Waals surface area contributed by atoms with E-state index < -0.39 is 0 Å². The highest BCUT2D eigenvalue weighted by molar-refractivity contribution is 6.18. The molecule has 1 heterocycles. The lowest BCUT2D eigenvalue weighted by atomic mass is 10.0. The van der Waals surface area contributed by atoms with Gasteiger partial charge in [0, 0.05) is 10.8 Å². The summed E-state index contributed by atoms with van der Waals surface area (Å²) < 4.78 is 5.85. The first kappa shape index (κ1) is 8.82. The molecule has 17 heavy (non-hydrogen) atoms. The molecule has 1 aromatic heterocycles. The van der Waals surface area contributed by atoms with E-state index in [1.165, 1.54) is 16.2 Å². The zero-order chi connectivity index (χ0) is 11.2. The molecule has 0 amide bonds. The second-order valence-electron chi connectivity index (χ2n) is 4.17. The van der Waals surface area contributed by atoms with Crippen LogP contribution < -0.4 is 0 Å². The topological polar surface area (TPSA) is 13.1 Å². The average molecular weight is 217 g/mol. The lowest BCUT2D eigenvalue weighted by Crippen LogP contribution is -1.73. The monoisotopic (exact) mass is 217 g/mol. The van der Waals surface area contributed by atoms with Gasteiger partial charge >= 0.3 is 0 Å². The molecule has 0 spiro atoms. The van der Waals surface area contributed by atoms with Gasteiger partial charge in [0.2, 0.25) is 0 Å². The maximum atomic E-state index is 5.85. The first-order chi connectivity index (χ1) is 8.43. The van der Waals surface area contributed by atoms with E-state index in [2.05, 4.69) is 24.3 Å². The lowest BCUT2D eigenvalue weighted by molar-refractivity contribution is 0.669. The molecule has 0 saturated carbocycles. The number of hydrogen-bond acceptors (Lipinski definition) is 1. The van der Waals surface area contributed by atoms with Crippen LogP contribution in [0.1, 0.15) is 0 Å². The van der Waals surface area contributed by atoms with Crippen molar-refractivity contribution in [3.8, 4) is 0 Å². The summed E-state index contributed by atoms with van der Waals surface area (Å²) in [5.74, 6) is 0. The van der Waals surface area contributed by atoms with Gasteiger partial charge < -0.3 is 4.42 Å². The molecule has 0 bridgehead atoms. The van der Waals surface area contributed by atoms with Crippen molar-refractivity contribution in [1.82, 2.24) is 0 Å². The molecular weight excluding hydrogens is 208 g/mol. The van der Waals surface area contributed by atoms with Crippen LogP contribution in [0.5, 0.6) is 0 Å². The van der Waals surface area contributed by atoms with Crippen molar-refractivity contribution in [2.75, 3.05) is 0 Å². The smallest absolute Gasteiger partial charge is 0.136 e. The average Bonchev–Trinajstić information content (AvgIpc) is 2.77. The molecule has 1 heteroatoms. The van der Waals surface area contributed by atoms with Crippen LogP contribution in [-0.2, 0) is 0 Å². The predicted octanol–water partition coefficient (Wildman–Crippen LogP) is 4.54. The molecule has 0 aliphatic rings. The highest BCUT2D eigenvalue weighted by Crippen LogP contribution is 2.33. The minimum atomic E-state index is 0.943. The molecule has 0 fully saturated rings. The standard InChI is InChI=1S/C16H9O/c1-2-6-12-11(5-1)9-10-15-16(12)13-7-3-4-8-14(13)17-15/h1-4,6-10H. The summed E-state index contributed by atoms with van der Waals surface area (Å²) in [4.78, 5) is 0.